The SMILES string of the molecule is C#CCCC1(CCNC(=O)C(c2cscn2)N(C)C)N=N1. The van der Waals surface area contributed by atoms with E-state index in [-0.39, 0.29) is 17.6 Å². The van der Waals surface area contributed by atoms with Gasteiger partial charge >= 0.3 is 0 Å². The molecule has 6 nitrogen and oxygen atoms in total. The van der Waals surface area contributed by atoms with Crippen LogP contribution in [-0.4, -0.2) is 42.1 Å². The Kier molecular flexibility index (Phi) is 5.04. The molecule has 1 aliphatic rings. The summed E-state index contributed by atoms with van der Waals surface area (Å²) in [5, 5.41) is 12.9. The van der Waals surface area contributed by atoms with Crippen LogP contribution in [0.4, 0.5) is 0 Å². The zero-order valence-corrected chi connectivity index (χ0v) is 13.1. The molecule has 0 aromatic carbocycles. The van der Waals surface area contributed by atoms with Crippen LogP contribution in [0.25, 0.3) is 0 Å². The predicted molar refractivity (Wildman–Crippen MR) is 81.8 cm³/mol. The van der Waals surface area contributed by atoms with Crippen molar-refractivity contribution in [2.75, 3.05) is 20.6 Å². The third kappa shape index (κ3) is 4.09. The number of likely N-dealkylation sites (N-methyl/N-ethyl adjacent to an activating group) is 1. The van der Waals surface area contributed by atoms with E-state index in [0.29, 0.717) is 19.4 Å². The molecule has 0 saturated heterocycles. The second-order valence-corrected chi connectivity index (χ2v) is 5.93. The fourth-order valence-corrected chi connectivity index (χ4v) is 2.71. The average Bonchev–Trinajstić information content (AvgIpc) is 3.00. The number of hydrogen-bond acceptors (Lipinski definition) is 6. The third-order valence-electron chi connectivity index (χ3n) is 3.37. The van der Waals surface area contributed by atoms with Crippen molar-refractivity contribution in [1.29, 1.82) is 0 Å². The molecule has 1 unspecified atom stereocenters. The van der Waals surface area contributed by atoms with Crippen LogP contribution in [0.5, 0.6) is 0 Å². The molecule has 0 spiro atoms. The van der Waals surface area contributed by atoms with Gasteiger partial charge in [-0.1, -0.05) is 0 Å². The molecular weight excluding hydrogens is 286 g/mol. The van der Waals surface area contributed by atoms with E-state index >= 15 is 0 Å². The molecule has 21 heavy (non-hydrogen) atoms. The quantitative estimate of drug-likeness (QED) is 0.745. The molecule has 0 fully saturated rings. The Labute approximate surface area is 128 Å². The summed E-state index contributed by atoms with van der Waals surface area (Å²) in [6, 6.07) is -0.369. The van der Waals surface area contributed by atoms with Gasteiger partial charge in [0.25, 0.3) is 0 Å². The lowest BCUT2D eigenvalue weighted by molar-refractivity contribution is -0.125. The Bertz CT molecular complexity index is 540. The Morgan fingerprint density at radius 1 is 1.52 bits per heavy atom. The molecule has 0 radical (unpaired) electrons. The van der Waals surface area contributed by atoms with E-state index < -0.39 is 0 Å². The lowest BCUT2D eigenvalue weighted by Crippen LogP contribution is -2.38. The van der Waals surface area contributed by atoms with Gasteiger partial charge in [0, 0.05) is 31.2 Å². The van der Waals surface area contributed by atoms with E-state index in [1.54, 1.807) is 5.51 Å². The van der Waals surface area contributed by atoms with Gasteiger partial charge in [0.1, 0.15) is 6.04 Å². The van der Waals surface area contributed by atoms with Gasteiger partial charge in [-0.15, -0.1) is 23.7 Å². The number of rotatable bonds is 8. The van der Waals surface area contributed by atoms with Crippen molar-refractivity contribution in [1.82, 2.24) is 15.2 Å². The van der Waals surface area contributed by atoms with E-state index in [1.807, 2.05) is 24.4 Å². The number of terminal acetylenes is 1. The summed E-state index contributed by atoms with van der Waals surface area (Å²) in [6.45, 7) is 0.533. The highest BCUT2D eigenvalue weighted by atomic mass is 32.1. The topological polar surface area (TPSA) is 70.0 Å². The molecule has 2 rings (SSSR count). The zero-order valence-electron chi connectivity index (χ0n) is 12.2. The average molecular weight is 305 g/mol. The third-order valence-corrected chi connectivity index (χ3v) is 3.98. The number of nitrogens with one attached hydrogen (secondary N) is 1. The highest BCUT2D eigenvalue weighted by molar-refractivity contribution is 7.07. The first-order valence-electron chi connectivity index (χ1n) is 6.78. The fourth-order valence-electron chi connectivity index (χ4n) is 2.14. The molecule has 1 N–H and O–H groups in total. The van der Waals surface area contributed by atoms with Crippen LogP contribution in [0, 0.1) is 12.3 Å². The Hall–Kier alpha value is -1.78. The highest BCUT2D eigenvalue weighted by Gasteiger charge is 2.38. The second kappa shape index (κ2) is 6.78. The Balaban J connectivity index is 1.82. The number of carbonyl (C=O) groups excluding carboxylic acids is 1. The van der Waals surface area contributed by atoms with E-state index in [1.165, 1.54) is 11.3 Å². The van der Waals surface area contributed by atoms with Crippen molar-refractivity contribution in [3.63, 3.8) is 0 Å². The standard InChI is InChI=1S/C14H19N5OS/c1-4-5-6-14(17-18-14)7-8-15-13(20)12(19(2)3)11-9-21-10-16-11/h1,9-10,12H,5-8H2,2-3H3,(H,15,20). The van der Waals surface area contributed by atoms with E-state index in [4.69, 9.17) is 6.42 Å². The molecule has 0 bridgehead atoms. The first-order valence-corrected chi connectivity index (χ1v) is 7.72. The molecule has 0 saturated carbocycles. The molecule has 1 aromatic heterocycles. The zero-order chi connectivity index (χ0) is 15.3. The lowest BCUT2D eigenvalue weighted by Gasteiger charge is -2.22. The summed E-state index contributed by atoms with van der Waals surface area (Å²) in [6.07, 6.45) is 7.35. The van der Waals surface area contributed by atoms with Crippen molar-refractivity contribution < 1.29 is 4.79 Å². The number of thiazole rings is 1. The molecule has 1 aliphatic heterocycles. The van der Waals surface area contributed by atoms with Gasteiger partial charge in [-0.25, -0.2) is 4.98 Å². The van der Waals surface area contributed by atoms with Crippen molar-refractivity contribution in [2.24, 2.45) is 10.2 Å². The molecule has 112 valence electrons. The molecule has 1 amide bonds. The summed E-state index contributed by atoms with van der Waals surface area (Å²) in [7, 11) is 3.73. The number of amides is 1. The normalized spacial score (nSPS) is 16.5. The van der Waals surface area contributed by atoms with Gasteiger partial charge in [0.15, 0.2) is 5.66 Å². The summed E-state index contributed by atoms with van der Waals surface area (Å²) in [4.78, 5) is 18.4. The number of aromatic nitrogens is 1. The van der Waals surface area contributed by atoms with E-state index in [0.717, 1.165) is 12.1 Å². The number of hydrogen-bond donors (Lipinski definition) is 1. The molecule has 7 heteroatoms. The monoisotopic (exact) mass is 305 g/mol. The van der Waals surface area contributed by atoms with Crippen LogP contribution < -0.4 is 5.32 Å². The van der Waals surface area contributed by atoms with Crippen molar-refractivity contribution in [3.05, 3.63) is 16.6 Å². The van der Waals surface area contributed by atoms with Crippen LogP contribution in [0.15, 0.2) is 21.1 Å². The minimum atomic E-state index is -0.369. The van der Waals surface area contributed by atoms with Gasteiger partial charge in [-0.2, -0.15) is 10.2 Å². The summed E-state index contributed by atoms with van der Waals surface area (Å²) in [5.74, 6) is 2.54. The maximum atomic E-state index is 12.3. The van der Waals surface area contributed by atoms with Crippen molar-refractivity contribution in [2.45, 2.75) is 31.0 Å². The number of carbonyl (C=O) groups is 1. The first-order chi connectivity index (χ1) is 10.1. The number of nitrogens with zero attached hydrogens (tertiary/aromatic N) is 4. The molecule has 1 atom stereocenters. The maximum Gasteiger partial charge on any atom is 0.243 e. The van der Waals surface area contributed by atoms with Crippen LogP contribution >= 0.6 is 11.3 Å². The molecule has 2 heterocycles. The van der Waals surface area contributed by atoms with Gasteiger partial charge in [-0.3, -0.25) is 9.69 Å². The van der Waals surface area contributed by atoms with E-state index in [2.05, 4.69) is 26.4 Å². The van der Waals surface area contributed by atoms with Crippen LogP contribution in [0.2, 0.25) is 0 Å². The maximum absolute atomic E-state index is 12.3. The lowest BCUT2D eigenvalue weighted by atomic mass is 10.0. The Morgan fingerprint density at radius 2 is 2.29 bits per heavy atom. The van der Waals surface area contributed by atoms with Gasteiger partial charge < -0.3 is 5.32 Å². The highest BCUT2D eigenvalue weighted by Crippen LogP contribution is 2.36. The Morgan fingerprint density at radius 3 is 2.81 bits per heavy atom. The van der Waals surface area contributed by atoms with Crippen molar-refractivity contribution >= 4 is 17.2 Å². The summed E-state index contributed by atoms with van der Waals surface area (Å²) < 4.78 is 0. The molecule has 1 aromatic rings. The summed E-state index contributed by atoms with van der Waals surface area (Å²) >= 11 is 1.48. The fraction of sp³-hybridized carbons (Fsp3) is 0.571. The van der Waals surface area contributed by atoms with Crippen molar-refractivity contribution in [3.8, 4) is 12.3 Å². The van der Waals surface area contributed by atoms with Crippen LogP contribution in [0.3, 0.4) is 0 Å². The van der Waals surface area contributed by atoms with Gasteiger partial charge in [0.05, 0.1) is 11.2 Å². The minimum absolute atomic E-state index is 0.0568. The summed E-state index contributed by atoms with van der Waals surface area (Å²) in [5.41, 5.74) is 2.15. The van der Waals surface area contributed by atoms with Crippen LogP contribution in [-0.2, 0) is 4.79 Å². The molecular formula is C14H19N5OS. The smallest absolute Gasteiger partial charge is 0.243 e. The second-order valence-electron chi connectivity index (χ2n) is 5.21. The predicted octanol–water partition coefficient (Wildman–Crippen LogP) is 1.83. The largest absolute Gasteiger partial charge is 0.354 e. The van der Waals surface area contributed by atoms with Gasteiger partial charge in [0.2, 0.25) is 5.91 Å². The first kappa shape index (κ1) is 15.6. The van der Waals surface area contributed by atoms with Gasteiger partial charge in [-0.05, 0) is 14.1 Å². The van der Waals surface area contributed by atoms with Crippen LogP contribution in [0.1, 0.15) is 31.0 Å². The molecule has 0 aliphatic carbocycles. The minimum Gasteiger partial charge on any atom is -0.354 e. The van der Waals surface area contributed by atoms with E-state index in [9.17, 15) is 4.79 Å².